The highest BCUT2D eigenvalue weighted by molar-refractivity contribution is 5.86. The molecule has 3 heterocycles. The molecule has 0 saturated carbocycles. The summed E-state index contributed by atoms with van der Waals surface area (Å²) in [4.78, 5) is 11.7. The van der Waals surface area contributed by atoms with Gasteiger partial charge in [0, 0.05) is 34.7 Å². The molecule has 4 rings (SSSR count). The van der Waals surface area contributed by atoms with Crippen LogP contribution in [0.5, 0.6) is 5.75 Å². The Bertz CT molecular complexity index is 1010. The lowest BCUT2D eigenvalue weighted by molar-refractivity contribution is -0.699. The minimum absolute atomic E-state index is 0. The predicted octanol–water partition coefficient (Wildman–Crippen LogP) is 0.440. The molecule has 1 aromatic carbocycles. The molecule has 1 aliphatic rings. The molecule has 136 valence electrons. The maximum absolute atomic E-state index is 11.7. The zero-order chi connectivity index (χ0) is 17.6. The second-order valence-electron chi connectivity index (χ2n) is 6.81. The fourth-order valence-electron chi connectivity index (χ4n) is 3.64. The molecule has 0 N–H and O–H groups in total. The van der Waals surface area contributed by atoms with Gasteiger partial charge in [-0.1, -0.05) is 6.92 Å². The van der Waals surface area contributed by atoms with Gasteiger partial charge in [0.1, 0.15) is 17.9 Å². The number of hydrogen-bond acceptors (Lipinski definition) is 3. The number of pyridine rings is 1. The van der Waals surface area contributed by atoms with Crippen LogP contribution in [0.3, 0.4) is 0 Å². The van der Waals surface area contributed by atoms with E-state index in [1.54, 1.807) is 6.07 Å². The number of hydrogen-bond donors (Lipinski definition) is 0. The summed E-state index contributed by atoms with van der Waals surface area (Å²) >= 11 is 0. The molecule has 0 spiro atoms. The van der Waals surface area contributed by atoms with Gasteiger partial charge in [0.25, 0.3) is 0 Å². The maximum atomic E-state index is 11.7. The fourth-order valence-corrected chi connectivity index (χ4v) is 3.64. The van der Waals surface area contributed by atoms with E-state index >= 15 is 0 Å². The van der Waals surface area contributed by atoms with Crippen LogP contribution in [0.4, 0.5) is 0 Å². The molecule has 1 aliphatic heterocycles. The minimum atomic E-state index is -0.311. The van der Waals surface area contributed by atoms with Crippen LogP contribution in [0, 0.1) is 13.8 Å². The quantitative estimate of drug-likeness (QED) is 0.460. The molecule has 5 heteroatoms. The molecular weight excluding hydrogens is 394 g/mol. The SMILES string of the molecule is CCc1cc[n+](CC2COc3c2cc2c(C)cc(=O)oc2c3C)cc1.[Br-]. The van der Waals surface area contributed by atoms with Gasteiger partial charge < -0.3 is 26.1 Å². The molecule has 1 unspecified atom stereocenters. The van der Waals surface area contributed by atoms with Crippen molar-refractivity contribution in [1.29, 1.82) is 0 Å². The largest absolute Gasteiger partial charge is 1.00 e. The topological polar surface area (TPSA) is 43.3 Å². The molecule has 26 heavy (non-hydrogen) atoms. The zero-order valence-electron chi connectivity index (χ0n) is 15.2. The first-order valence-electron chi connectivity index (χ1n) is 8.75. The van der Waals surface area contributed by atoms with Crippen LogP contribution < -0.4 is 31.9 Å². The maximum Gasteiger partial charge on any atom is 0.336 e. The van der Waals surface area contributed by atoms with Crippen molar-refractivity contribution in [2.45, 2.75) is 39.7 Å². The molecule has 2 aromatic heterocycles. The molecule has 0 amide bonds. The van der Waals surface area contributed by atoms with Gasteiger partial charge in [-0.15, -0.1) is 0 Å². The minimum Gasteiger partial charge on any atom is -1.00 e. The summed E-state index contributed by atoms with van der Waals surface area (Å²) in [5.41, 5.74) is 4.74. The van der Waals surface area contributed by atoms with Crippen molar-refractivity contribution in [2.75, 3.05) is 6.61 Å². The monoisotopic (exact) mass is 415 g/mol. The third kappa shape index (κ3) is 3.16. The van der Waals surface area contributed by atoms with Gasteiger partial charge in [0.2, 0.25) is 0 Å². The summed E-state index contributed by atoms with van der Waals surface area (Å²) < 4.78 is 13.6. The Morgan fingerprint density at radius 3 is 2.62 bits per heavy atom. The Morgan fingerprint density at radius 2 is 1.92 bits per heavy atom. The van der Waals surface area contributed by atoms with Crippen LogP contribution >= 0.6 is 0 Å². The van der Waals surface area contributed by atoms with Crippen molar-refractivity contribution in [3.05, 3.63) is 69.3 Å². The lowest BCUT2D eigenvalue weighted by Gasteiger charge is -2.10. The van der Waals surface area contributed by atoms with Gasteiger partial charge >= 0.3 is 5.63 Å². The highest BCUT2D eigenvalue weighted by atomic mass is 79.9. The van der Waals surface area contributed by atoms with E-state index in [1.165, 1.54) is 11.1 Å². The lowest BCUT2D eigenvalue weighted by Crippen LogP contribution is -3.00. The van der Waals surface area contributed by atoms with E-state index in [9.17, 15) is 4.79 Å². The van der Waals surface area contributed by atoms with E-state index < -0.39 is 0 Å². The van der Waals surface area contributed by atoms with E-state index in [0.717, 1.165) is 35.2 Å². The van der Waals surface area contributed by atoms with Crippen LogP contribution in [0.25, 0.3) is 11.0 Å². The number of benzene rings is 1. The second kappa shape index (κ2) is 7.23. The number of rotatable bonds is 3. The summed E-state index contributed by atoms with van der Waals surface area (Å²) in [5.74, 6) is 1.17. The Balaban J connectivity index is 0.00000196. The Labute approximate surface area is 163 Å². The third-order valence-electron chi connectivity index (χ3n) is 5.12. The van der Waals surface area contributed by atoms with Crippen molar-refractivity contribution in [2.24, 2.45) is 0 Å². The highest BCUT2D eigenvalue weighted by Crippen LogP contribution is 2.41. The molecule has 0 bridgehead atoms. The molecule has 3 aromatic rings. The van der Waals surface area contributed by atoms with Crippen molar-refractivity contribution in [3.8, 4) is 5.75 Å². The summed E-state index contributed by atoms with van der Waals surface area (Å²) in [6, 6.07) is 8.02. The van der Waals surface area contributed by atoms with Gasteiger partial charge in [-0.2, -0.15) is 0 Å². The smallest absolute Gasteiger partial charge is 0.336 e. The van der Waals surface area contributed by atoms with E-state index in [0.29, 0.717) is 18.1 Å². The Morgan fingerprint density at radius 1 is 1.19 bits per heavy atom. The number of fused-ring (bicyclic) bond motifs is 2. The van der Waals surface area contributed by atoms with Crippen LogP contribution in [0.15, 0.2) is 45.9 Å². The first kappa shape index (κ1) is 18.6. The van der Waals surface area contributed by atoms with Crippen molar-refractivity contribution < 1.29 is 30.7 Å². The van der Waals surface area contributed by atoms with Crippen molar-refractivity contribution in [1.82, 2.24) is 0 Å². The number of halogens is 1. The van der Waals surface area contributed by atoms with Gasteiger partial charge in [0.05, 0.1) is 5.92 Å². The summed E-state index contributed by atoms with van der Waals surface area (Å²) in [5, 5.41) is 0.998. The normalized spacial score (nSPS) is 15.4. The second-order valence-corrected chi connectivity index (χ2v) is 6.81. The molecule has 0 aliphatic carbocycles. The number of aryl methyl sites for hydroxylation is 3. The van der Waals surface area contributed by atoms with Crippen molar-refractivity contribution >= 4 is 11.0 Å². The molecule has 0 radical (unpaired) electrons. The van der Waals surface area contributed by atoms with Crippen LogP contribution in [-0.4, -0.2) is 6.61 Å². The van der Waals surface area contributed by atoms with Crippen LogP contribution in [0.1, 0.15) is 35.1 Å². The third-order valence-corrected chi connectivity index (χ3v) is 5.12. The van der Waals surface area contributed by atoms with E-state index in [1.807, 2.05) is 13.8 Å². The van der Waals surface area contributed by atoms with E-state index in [2.05, 4.69) is 42.1 Å². The molecular formula is C21H22BrNO3. The van der Waals surface area contributed by atoms with Gasteiger partial charge in [0.15, 0.2) is 18.9 Å². The number of nitrogens with zero attached hydrogens (tertiary/aromatic N) is 1. The van der Waals surface area contributed by atoms with Crippen molar-refractivity contribution in [3.63, 3.8) is 0 Å². The average molecular weight is 416 g/mol. The molecule has 0 fully saturated rings. The van der Waals surface area contributed by atoms with Gasteiger partial charge in [-0.3, -0.25) is 0 Å². The first-order valence-corrected chi connectivity index (χ1v) is 8.75. The lowest BCUT2D eigenvalue weighted by atomic mass is 9.95. The van der Waals surface area contributed by atoms with Crippen LogP contribution in [0.2, 0.25) is 0 Å². The van der Waals surface area contributed by atoms with E-state index in [4.69, 9.17) is 9.15 Å². The zero-order valence-corrected chi connectivity index (χ0v) is 16.8. The van der Waals surface area contributed by atoms with Crippen LogP contribution in [-0.2, 0) is 13.0 Å². The molecule has 4 nitrogen and oxygen atoms in total. The average Bonchev–Trinajstić information content (AvgIpc) is 3.00. The number of aromatic nitrogens is 1. The molecule has 0 saturated heterocycles. The summed E-state index contributed by atoms with van der Waals surface area (Å²) in [6.07, 6.45) is 5.32. The first-order chi connectivity index (χ1) is 12.1. The predicted molar refractivity (Wildman–Crippen MR) is 96.2 cm³/mol. The van der Waals surface area contributed by atoms with Gasteiger partial charge in [-0.05, 0) is 37.5 Å². The molecule has 1 atom stereocenters. The van der Waals surface area contributed by atoms with E-state index in [-0.39, 0.29) is 22.6 Å². The number of ether oxygens (including phenoxy) is 1. The Hall–Kier alpha value is -2.14. The summed E-state index contributed by atoms with van der Waals surface area (Å²) in [7, 11) is 0. The standard InChI is InChI=1S/C21H22NO3.BrH/c1-4-15-5-7-22(8-6-15)11-16-12-24-20-14(3)21-17(10-18(16)20)13(2)9-19(23)25-21;/h5-10,16H,4,11-12H2,1-3H3;1H/q+1;/p-1. The fraction of sp³-hybridized carbons (Fsp3) is 0.333. The summed E-state index contributed by atoms with van der Waals surface area (Å²) in [6.45, 7) is 7.61. The van der Waals surface area contributed by atoms with Gasteiger partial charge in [-0.25, -0.2) is 9.36 Å². The Kier molecular flexibility index (Phi) is 5.19. The highest BCUT2D eigenvalue weighted by Gasteiger charge is 2.30.